The van der Waals surface area contributed by atoms with Crippen LogP contribution in [-0.4, -0.2) is 25.0 Å². The van der Waals surface area contributed by atoms with E-state index in [0.717, 1.165) is 25.9 Å². The summed E-state index contributed by atoms with van der Waals surface area (Å²) in [5.74, 6) is -0.634. The summed E-state index contributed by atoms with van der Waals surface area (Å²) in [6.45, 7) is 1.78. The fraction of sp³-hybridized carbons (Fsp3) is 0.417. The van der Waals surface area contributed by atoms with Gasteiger partial charge in [0.25, 0.3) is 5.91 Å². The van der Waals surface area contributed by atoms with Gasteiger partial charge in [0, 0.05) is 22.6 Å². The van der Waals surface area contributed by atoms with Crippen molar-refractivity contribution in [2.24, 2.45) is 0 Å². The van der Waals surface area contributed by atoms with E-state index in [9.17, 15) is 9.18 Å². The summed E-state index contributed by atoms with van der Waals surface area (Å²) < 4.78 is 13.7. The summed E-state index contributed by atoms with van der Waals surface area (Å²) in [5.41, 5.74) is 0.349. The molecule has 1 amide bonds. The highest BCUT2D eigenvalue weighted by Gasteiger charge is 2.16. The predicted octanol–water partition coefficient (Wildman–Crippen LogP) is 2.49. The molecule has 2 N–H and O–H groups in total. The van der Waals surface area contributed by atoms with Crippen LogP contribution in [0.5, 0.6) is 0 Å². The highest BCUT2D eigenvalue weighted by molar-refractivity contribution is 9.10. The van der Waals surface area contributed by atoms with Gasteiger partial charge in [-0.3, -0.25) is 4.79 Å². The molecule has 0 saturated carbocycles. The monoisotopic (exact) mass is 336 g/mol. The molecule has 18 heavy (non-hydrogen) atoms. The molecule has 0 unspecified atom stereocenters. The Morgan fingerprint density at radius 2 is 2.22 bits per heavy atom. The number of piperidine rings is 1. The van der Waals surface area contributed by atoms with E-state index in [1.165, 1.54) is 12.1 Å². The molecule has 0 bridgehead atoms. The number of rotatable bonds is 2. The number of carbonyl (C=O) groups excluding carboxylic acids is 1. The Bertz CT molecular complexity index is 404. The molecular weight excluding hydrogens is 322 g/mol. The van der Waals surface area contributed by atoms with Crippen molar-refractivity contribution >= 4 is 34.2 Å². The van der Waals surface area contributed by atoms with Gasteiger partial charge >= 0.3 is 0 Å². The van der Waals surface area contributed by atoms with E-state index >= 15 is 0 Å². The van der Waals surface area contributed by atoms with Gasteiger partial charge in [0.05, 0.1) is 0 Å². The molecule has 1 fully saturated rings. The van der Waals surface area contributed by atoms with Crippen molar-refractivity contribution < 1.29 is 9.18 Å². The molecule has 1 saturated heterocycles. The molecule has 1 atom stereocenters. The van der Waals surface area contributed by atoms with Crippen molar-refractivity contribution in [3.63, 3.8) is 0 Å². The standard InChI is InChI=1S/C12H14BrFN2O.ClH/c13-9-4-8(5-10(14)6-9)12(17)16-11-2-1-3-15-7-11;/h4-6,11,15H,1-3,7H2,(H,16,17);1H/t11-;/m0./s1. The van der Waals surface area contributed by atoms with E-state index < -0.39 is 5.82 Å². The molecule has 1 aliphatic rings. The molecule has 1 heterocycles. The minimum absolute atomic E-state index is 0. The Balaban J connectivity index is 0.00000162. The van der Waals surface area contributed by atoms with E-state index in [1.807, 2.05) is 0 Å². The van der Waals surface area contributed by atoms with Crippen LogP contribution in [0.3, 0.4) is 0 Å². The summed E-state index contributed by atoms with van der Waals surface area (Å²) >= 11 is 3.17. The van der Waals surface area contributed by atoms with Gasteiger partial charge in [-0.2, -0.15) is 0 Å². The predicted molar refractivity (Wildman–Crippen MR) is 74.7 cm³/mol. The lowest BCUT2D eigenvalue weighted by molar-refractivity contribution is 0.0930. The Morgan fingerprint density at radius 1 is 1.44 bits per heavy atom. The van der Waals surface area contributed by atoms with Crippen LogP contribution in [0.2, 0.25) is 0 Å². The molecule has 0 aromatic heterocycles. The molecule has 0 aliphatic carbocycles. The Morgan fingerprint density at radius 3 is 2.83 bits per heavy atom. The van der Waals surface area contributed by atoms with Crippen LogP contribution in [0, 0.1) is 5.82 Å². The van der Waals surface area contributed by atoms with Gasteiger partial charge in [-0.15, -0.1) is 12.4 Å². The van der Waals surface area contributed by atoms with Crippen LogP contribution in [-0.2, 0) is 0 Å². The third kappa shape index (κ3) is 4.23. The molecule has 0 radical (unpaired) electrons. The van der Waals surface area contributed by atoms with Gasteiger partial charge in [0.1, 0.15) is 5.82 Å². The highest BCUT2D eigenvalue weighted by atomic mass is 79.9. The summed E-state index contributed by atoms with van der Waals surface area (Å²) in [6, 6.07) is 4.34. The van der Waals surface area contributed by atoms with Crippen LogP contribution < -0.4 is 10.6 Å². The first-order valence-electron chi connectivity index (χ1n) is 5.63. The van der Waals surface area contributed by atoms with Crippen LogP contribution >= 0.6 is 28.3 Å². The maximum Gasteiger partial charge on any atom is 0.251 e. The van der Waals surface area contributed by atoms with Crippen LogP contribution in [0.25, 0.3) is 0 Å². The second-order valence-electron chi connectivity index (χ2n) is 4.17. The van der Waals surface area contributed by atoms with Gasteiger partial charge in [-0.25, -0.2) is 4.39 Å². The van der Waals surface area contributed by atoms with Gasteiger partial charge < -0.3 is 10.6 Å². The number of halogens is 3. The van der Waals surface area contributed by atoms with Crippen LogP contribution in [0.1, 0.15) is 23.2 Å². The molecule has 0 spiro atoms. The summed E-state index contributed by atoms with van der Waals surface area (Å²) in [6.07, 6.45) is 2.02. The minimum atomic E-state index is -0.411. The number of benzene rings is 1. The lowest BCUT2D eigenvalue weighted by atomic mass is 10.1. The number of carbonyl (C=O) groups is 1. The Hall–Kier alpha value is -0.650. The second kappa shape index (κ2) is 7.07. The molecule has 1 aromatic rings. The Kier molecular flexibility index (Phi) is 6.05. The van der Waals surface area contributed by atoms with Crippen molar-refractivity contribution in [3.8, 4) is 0 Å². The SMILES string of the molecule is Cl.O=C(N[C@H]1CCCNC1)c1cc(F)cc(Br)c1. The van der Waals surface area contributed by atoms with Crippen LogP contribution in [0.4, 0.5) is 4.39 Å². The quantitative estimate of drug-likeness (QED) is 0.870. The zero-order valence-corrected chi connectivity index (χ0v) is 12.1. The third-order valence-corrected chi connectivity index (χ3v) is 3.21. The zero-order valence-electron chi connectivity index (χ0n) is 9.71. The van der Waals surface area contributed by atoms with E-state index in [0.29, 0.717) is 10.0 Å². The zero-order chi connectivity index (χ0) is 12.3. The van der Waals surface area contributed by atoms with E-state index in [1.54, 1.807) is 6.07 Å². The fourth-order valence-corrected chi connectivity index (χ4v) is 2.39. The van der Waals surface area contributed by atoms with Crippen molar-refractivity contribution in [2.45, 2.75) is 18.9 Å². The number of nitrogens with one attached hydrogen (secondary N) is 2. The average molecular weight is 338 g/mol. The lowest BCUT2D eigenvalue weighted by Crippen LogP contribution is -2.45. The fourth-order valence-electron chi connectivity index (χ4n) is 1.93. The number of hydrogen-bond acceptors (Lipinski definition) is 2. The molecular formula is C12H15BrClFN2O. The van der Waals surface area contributed by atoms with Crippen molar-refractivity contribution in [1.82, 2.24) is 10.6 Å². The van der Waals surface area contributed by atoms with Crippen LogP contribution in [0.15, 0.2) is 22.7 Å². The van der Waals surface area contributed by atoms with Gasteiger partial charge in [0.15, 0.2) is 0 Å². The topological polar surface area (TPSA) is 41.1 Å². The first-order chi connectivity index (χ1) is 8.15. The molecule has 100 valence electrons. The van der Waals surface area contributed by atoms with Gasteiger partial charge in [-0.1, -0.05) is 15.9 Å². The summed E-state index contributed by atoms with van der Waals surface area (Å²) in [4.78, 5) is 11.9. The third-order valence-electron chi connectivity index (χ3n) is 2.76. The second-order valence-corrected chi connectivity index (χ2v) is 5.09. The Labute approximate surface area is 120 Å². The normalized spacial score (nSPS) is 18.9. The lowest BCUT2D eigenvalue weighted by Gasteiger charge is -2.23. The minimum Gasteiger partial charge on any atom is -0.348 e. The first kappa shape index (κ1) is 15.4. The largest absolute Gasteiger partial charge is 0.348 e. The van der Waals surface area contributed by atoms with Crippen molar-refractivity contribution in [1.29, 1.82) is 0 Å². The molecule has 1 aromatic carbocycles. The first-order valence-corrected chi connectivity index (χ1v) is 6.42. The van der Waals surface area contributed by atoms with Crippen molar-refractivity contribution in [3.05, 3.63) is 34.1 Å². The highest BCUT2D eigenvalue weighted by Crippen LogP contribution is 2.15. The maximum atomic E-state index is 13.1. The van der Waals surface area contributed by atoms with Crippen molar-refractivity contribution in [2.75, 3.05) is 13.1 Å². The molecule has 1 aliphatic heterocycles. The molecule has 2 rings (SSSR count). The van der Waals surface area contributed by atoms with E-state index in [2.05, 4.69) is 26.6 Å². The van der Waals surface area contributed by atoms with Gasteiger partial charge in [0.2, 0.25) is 0 Å². The summed E-state index contributed by atoms with van der Waals surface area (Å²) in [7, 11) is 0. The number of amides is 1. The van der Waals surface area contributed by atoms with Gasteiger partial charge in [-0.05, 0) is 37.6 Å². The smallest absolute Gasteiger partial charge is 0.251 e. The molecule has 6 heteroatoms. The summed E-state index contributed by atoms with van der Waals surface area (Å²) in [5, 5.41) is 6.12. The number of hydrogen-bond donors (Lipinski definition) is 2. The molecule has 3 nitrogen and oxygen atoms in total. The maximum absolute atomic E-state index is 13.1. The van der Waals surface area contributed by atoms with E-state index in [4.69, 9.17) is 0 Å². The average Bonchev–Trinajstić information content (AvgIpc) is 2.29. The van der Waals surface area contributed by atoms with E-state index in [-0.39, 0.29) is 24.4 Å².